The molecule has 1 fully saturated rings. The molecule has 1 aromatic heterocycles. The Hall–Kier alpha value is -2.06. The zero-order valence-electron chi connectivity index (χ0n) is 17.8. The Labute approximate surface area is 192 Å². The molecule has 0 saturated carbocycles. The minimum absolute atomic E-state index is 0. The minimum atomic E-state index is -0.359. The Morgan fingerprint density at radius 3 is 2.68 bits per heavy atom. The van der Waals surface area contributed by atoms with E-state index in [1.807, 2.05) is 38.1 Å². The van der Waals surface area contributed by atoms with Crippen molar-refractivity contribution in [2.24, 2.45) is 0 Å². The summed E-state index contributed by atoms with van der Waals surface area (Å²) in [6.07, 6.45) is 0.814. The van der Waals surface area contributed by atoms with Crippen molar-refractivity contribution in [2.45, 2.75) is 20.3 Å². The van der Waals surface area contributed by atoms with E-state index in [4.69, 9.17) is 4.74 Å². The van der Waals surface area contributed by atoms with Crippen LogP contribution in [-0.4, -0.2) is 55.2 Å². The van der Waals surface area contributed by atoms with Crippen LogP contribution in [0.1, 0.15) is 27.9 Å². The summed E-state index contributed by atoms with van der Waals surface area (Å²) in [5.74, 6) is -0.457. The van der Waals surface area contributed by atoms with Crippen LogP contribution in [0, 0.1) is 19.7 Å². The predicted molar refractivity (Wildman–Crippen MR) is 126 cm³/mol. The number of morpholine rings is 1. The monoisotopic (exact) mass is 463 g/mol. The van der Waals surface area contributed by atoms with E-state index in [2.05, 4.69) is 9.88 Å². The predicted octanol–water partition coefficient (Wildman–Crippen LogP) is 4.84. The van der Waals surface area contributed by atoms with Gasteiger partial charge in [0.05, 0.1) is 17.9 Å². The first-order valence-electron chi connectivity index (χ1n) is 10.3. The molecule has 2 aromatic carbocycles. The van der Waals surface area contributed by atoms with Crippen molar-refractivity contribution < 1.29 is 13.9 Å². The van der Waals surface area contributed by atoms with E-state index in [0.717, 1.165) is 55.1 Å². The van der Waals surface area contributed by atoms with Gasteiger partial charge in [-0.3, -0.25) is 14.6 Å². The lowest BCUT2D eigenvalue weighted by atomic mass is 10.1. The second-order valence-corrected chi connectivity index (χ2v) is 8.66. The number of aromatic nitrogens is 1. The number of halogens is 2. The quantitative estimate of drug-likeness (QED) is 0.524. The second kappa shape index (κ2) is 10.5. The summed E-state index contributed by atoms with van der Waals surface area (Å²) >= 11 is 1.36. The standard InChI is InChI=1S/C23H26FN3O2S.ClH/c1-16-7-8-18(15-17(16)2)22(28)27(10-4-9-26-11-13-29-14-12-26)23-25-21-19(24)5-3-6-20(21)30-23;/h3,5-8,15H,4,9-14H2,1-2H3;1H. The third-order valence-corrected chi connectivity index (χ3v) is 6.59. The molecule has 4 rings (SSSR count). The topological polar surface area (TPSA) is 45.7 Å². The average molecular weight is 464 g/mol. The summed E-state index contributed by atoms with van der Waals surface area (Å²) in [6.45, 7) is 8.78. The molecule has 3 aromatic rings. The van der Waals surface area contributed by atoms with Crippen molar-refractivity contribution in [3.05, 3.63) is 58.9 Å². The van der Waals surface area contributed by atoms with Gasteiger partial charge in [0.1, 0.15) is 11.3 Å². The molecule has 0 unspecified atom stereocenters. The van der Waals surface area contributed by atoms with Gasteiger partial charge in [-0.25, -0.2) is 9.37 Å². The van der Waals surface area contributed by atoms with Crippen molar-refractivity contribution in [3.8, 4) is 0 Å². The highest BCUT2D eigenvalue weighted by Crippen LogP contribution is 2.31. The molecule has 5 nitrogen and oxygen atoms in total. The van der Waals surface area contributed by atoms with Crippen molar-refractivity contribution in [1.29, 1.82) is 0 Å². The summed E-state index contributed by atoms with van der Waals surface area (Å²) in [6, 6.07) is 10.7. The maximum atomic E-state index is 14.2. The molecule has 1 amide bonds. The first-order valence-corrected chi connectivity index (χ1v) is 11.1. The number of fused-ring (bicyclic) bond motifs is 1. The van der Waals surface area contributed by atoms with Gasteiger partial charge in [0.2, 0.25) is 0 Å². The highest BCUT2D eigenvalue weighted by molar-refractivity contribution is 7.22. The first-order chi connectivity index (χ1) is 14.5. The maximum Gasteiger partial charge on any atom is 0.260 e. The number of anilines is 1. The van der Waals surface area contributed by atoms with Crippen LogP contribution in [0.3, 0.4) is 0 Å². The summed E-state index contributed by atoms with van der Waals surface area (Å²) < 4.78 is 20.4. The largest absolute Gasteiger partial charge is 0.379 e. The number of thiazole rings is 1. The lowest BCUT2D eigenvalue weighted by Gasteiger charge is -2.27. The van der Waals surface area contributed by atoms with Gasteiger partial charge in [-0.2, -0.15) is 0 Å². The smallest absolute Gasteiger partial charge is 0.260 e. The number of aryl methyl sites for hydroxylation is 2. The lowest BCUT2D eigenvalue weighted by molar-refractivity contribution is 0.0376. The van der Waals surface area contributed by atoms with Gasteiger partial charge in [0.25, 0.3) is 5.91 Å². The number of amides is 1. The van der Waals surface area contributed by atoms with Crippen LogP contribution in [0.25, 0.3) is 10.2 Å². The number of carbonyl (C=O) groups excluding carboxylic acids is 1. The van der Waals surface area contributed by atoms with Crippen molar-refractivity contribution >= 4 is 45.0 Å². The van der Waals surface area contributed by atoms with Crippen LogP contribution in [0.5, 0.6) is 0 Å². The number of carbonyl (C=O) groups is 1. The Bertz CT molecular complexity index is 1050. The van der Waals surface area contributed by atoms with Crippen LogP contribution < -0.4 is 4.90 Å². The molecule has 31 heavy (non-hydrogen) atoms. The van der Waals surface area contributed by atoms with Crippen LogP contribution in [0.15, 0.2) is 36.4 Å². The summed E-state index contributed by atoms with van der Waals surface area (Å²) in [5, 5.41) is 0.542. The van der Waals surface area contributed by atoms with E-state index in [-0.39, 0.29) is 24.1 Å². The van der Waals surface area contributed by atoms with Crippen LogP contribution in [0.2, 0.25) is 0 Å². The molecule has 0 radical (unpaired) electrons. The molecule has 0 spiro atoms. The Kier molecular flexibility index (Phi) is 8.00. The van der Waals surface area contributed by atoms with Gasteiger partial charge in [-0.05, 0) is 55.7 Å². The fourth-order valence-electron chi connectivity index (χ4n) is 3.61. The highest BCUT2D eigenvalue weighted by atomic mass is 35.5. The zero-order valence-corrected chi connectivity index (χ0v) is 19.4. The van der Waals surface area contributed by atoms with Crippen LogP contribution >= 0.6 is 23.7 Å². The van der Waals surface area contributed by atoms with Crippen molar-refractivity contribution in [3.63, 3.8) is 0 Å². The molecule has 0 bridgehead atoms. The zero-order chi connectivity index (χ0) is 21.1. The molecule has 8 heteroatoms. The fraction of sp³-hybridized carbons (Fsp3) is 0.391. The molecule has 1 aliphatic rings. The van der Waals surface area contributed by atoms with Gasteiger partial charge < -0.3 is 4.74 Å². The van der Waals surface area contributed by atoms with Gasteiger partial charge in [-0.15, -0.1) is 12.4 Å². The van der Waals surface area contributed by atoms with Gasteiger partial charge in [0.15, 0.2) is 5.13 Å². The van der Waals surface area contributed by atoms with Crippen LogP contribution in [-0.2, 0) is 4.74 Å². The minimum Gasteiger partial charge on any atom is -0.379 e. The van der Waals surface area contributed by atoms with Crippen LogP contribution in [0.4, 0.5) is 9.52 Å². The average Bonchev–Trinajstić information content (AvgIpc) is 3.19. The maximum absolute atomic E-state index is 14.2. The lowest BCUT2D eigenvalue weighted by Crippen LogP contribution is -2.39. The molecule has 2 heterocycles. The number of hydrogen-bond acceptors (Lipinski definition) is 5. The number of hydrogen-bond donors (Lipinski definition) is 0. The third-order valence-electron chi connectivity index (χ3n) is 5.55. The van der Waals surface area contributed by atoms with Crippen molar-refractivity contribution in [1.82, 2.24) is 9.88 Å². The van der Waals surface area contributed by atoms with E-state index in [9.17, 15) is 9.18 Å². The van der Waals surface area contributed by atoms with E-state index < -0.39 is 0 Å². The van der Waals surface area contributed by atoms with E-state index in [0.29, 0.717) is 22.8 Å². The number of nitrogens with zero attached hydrogens (tertiary/aromatic N) is 3. The summed E-state index contributed by atoms with van der Waals surface area (Å²) in [4.78, 5) is 21.9. The molecule has 0 aliphatic carbocycles. The van der Waals surface area contributed by atoms with E-state index in [1.165, 1.54) is 17.4 Å². The molecule has 1 saturated heterocycles. The second-order valence-electron chi connectivity index (χ2n) is 7.65. The Morgan fingerprint density at radius 2 is 1.97 bits per heavy atom. The summed E-state index contributed by atoms with van der Waals surface area (Å²) in [5.41, 5.74) is 3.17. The summed E-state index contributed by atoms with van der Waals surface area (Å²) in [7, 11) is 0. The Morgan fingerprint density at radius 1 is 1.19 bits per heavy atom. The third kappa shape index (κ3) is 5.41. The van der Waals surface area contributed by atoms with E-state index in [1.54, 1.807) is 11.0 Å². The van der Waals surface area contributed by atoms with Gasteiger partial charge in [0, 0.05) is 31.7 Å². The van der Waals surface area contributed by atoms with E-state index >= 15 is 0 Å². The fourth-order valence-corrected chi connectivity index (χ4v) is 4.61. The molecule has 0 atom stereocenters. The highest BCUT2D eigenvalue weighted by Gasteiger charge is 2.23. The SMILES string of the molecule is Cc1ccc(C(=O)N(CCCN2CCOCC2)c2nc3c(F)cccc3s2)cc1C.Cl. The van der Waals surface area contributed by atoms with Gasteiger partial charge >= 0.3 is 0 Å². The number of benzene rings is 2. The molecule has 1 aliphatic heterocycles. The normalized spacial score (nSPS) is 14.4. The molecule has 166 valence electrons. The number of ether oxygens (including phenoxy) is 1. The Balaban J connectivity index is 0.00000272. The molecular weight excluding hydrogens is 437 g/mol. The molecule has 0 N–H and O–H groups in total. The van der Waals surface area contributed by atoms with Crippen molar-refractivity contribution in [2.75, 3.05) is 44.3 Å². The number of rotatable bonds is 6. The molecular formula is C23H27ClFN3O2S. The van der Waals surface area contributed by atoms with Gasteiger partial charge in [-0.1, -0.05) is 23.5 Å². The number of para-hydroxylation sites is 1. The first kappa shape index (κ1) is 23.6.